The molecule has 0 aliphatic carbocycles. The predicted molar refractivity (Wildman–Crippen MR) is 110 cm³/mol. The molecule has 0 saturated carbocycles. The third-order valence-electron chi connectivity index (χ3n) is 5.64. The van der Waals surface area contributed by atoms with E-state index in [-0.39, 0.29) is 17.7 Å². The first-order valence-electron chi connectivity index (χ1n) is 10.2. The lowest BCUT2D eigenvalue weighted by Crippen LogP contribution is -2.41. The van der Waals surface area contributed by atoms with E-state index in [1.54, 1.807) is 24.3 Å². The van der Waals surface area contributed by atoms with Crippen LogP contribution < -0.4 is 0 Å². The summed E-state index contributed by atoms with van der Waals surface area (Å²) in [6, 6.07) is 3.34. The van der Waals surface area contributed by atoms with Crippen LogP contribution in [0.25, 0.3) is 22.6 Å². The number of aromatic amines is 1. The number of nitrogens with one attached hydrogen (secondary N) is 1. The van der Waals surface area contributed by atoms with E-state index < -0.39 is 17.8 Å². The Bertz CT molecular complexity index is 1510. The number of nitrogens with zero attached hydrogens (tertiary/aromatic N) is 7. The first-order valence-corrected chi connectivity index (χ1v) is 10.2. The topological polar surface area (TPSA) is 132 Å². The van der Waals surface area contributed by atoms with Crippen molar-refractivity contribution >= 4 is 17.0 Å². The highest BCUT2D eigenvalue weighted by atomic mass is 19.1. The molecule has 1 aliphatic rings. The van der Waals surface area contributed by atoms with Gasteiger partial charge in [-0.3, -0.25) is 9.48 Å². The number of halogens is 1. The number of aromatic nitrogens is 7. The lowest BCUT2D eigenvalue weighted by Gasteiger charge is -2.31. The summed E-state index contributed by atoms with van der Waals surface area (Å²) in [5, 5.41) is 12.3. The van der Waals surface area contributed by atoms with Crippen LogP contribution in [-0.4, -0.2) is 52.3 Å². The third kappa shape index (κ3) is 3.10. The van der Waals surface area contributed by atoms with Crippen molar-refractivity contribution in [1.29, 1.82) is 0 Å². The minimum absolute atomic E-state index is 0.167. The fourth-order valence-corrected chi connectivity index (χ4v) is 4.13. The van der Waals surface area contributed by atoms with E-state index in [1.165, 1.54) is 23.1 Å². The zero-order valence-corrected chi connectivity index (χ0v) is 17.6. The Balaban J connectivity index is 1.40. The molecule has 1 atom stereocenters. The van der Waals surface area contributed by atoms with Crippen LogP contribution in [-0.2, 0) is 13.5 Å². The summed E-state index contributed by atoms with van der Waals surface area (Å²) in [5.74, 6) is -0.652. The first-order chi connectivity index (χ1) is 16.0. The molecule has 12 heteroatoms. The molecular weight excluding hydrogens is 431 g/mol. The quantitative estimate of drug-likeness (QED) is 0.445. The molecule has 6 rings (SSSR count). The molecule has 166 valence electrons. The average Bonchev–Trinajstić information content (AvgIpc) is 3.57. The number of carbonyl (C=O) groups excluding carboxylic acids is 1. The van der Waals surface area contributed by atoms with Crippen molar-refractivity contribution in [2.75, 3.05) is 6.54 Å². The molecule has 1 aliphatic heterocycles. The van der Waals surface area contributed by atoms with Crippen LogP contribution in [0.2, 0.25) is 0 Å². The molecule has 5 aromatic rings. The molecule has 33 heavy (non-hydrogen) atoms. The Hall–Kier alpha value is -4.35. The van der Waals surface area contributed by atoms with Crippen molar-refractivity contribution in [2.24, 2.45) is 7.05 Å². The van der Waals surface area contributed by atoms with E-state index in [1.807, 2.05) is 6.92 Å². The average molecular weight is 448 g/mol. The van der Waals surface area contributed by atoms with E-state index in [9.17, 15) is 9.18 Å². The maximum atomic E-state index is 13.7. The van der Waals surface area contributed by atoms with E-state index in [0.717, 1.165) is 5.69 Å². The number of amides is 1. The van der Waals surface area contributed by atoms with Crippen LogP contribution in [0.1, 0.15) is 39.7 Å². The minimum Gasteiger partial charge on any atom is -0.438 e. The van der Waals surface area contributed by atoms with Crippen molar-refractivity contribution in [3.8, 4) is 11.5 Å². The van der Waals surface area contributed by atoms with Crippen molar-refractivity contribution in [1.82, 2.24) is 39.8 Å². The normalized spacial score (nSPS) is 15.8. The molecule has 1 aromatic carbocycles. The highest BCUT2D eigenvalue weighted by molar-refractivity contribution is 5.90. The van der Waals surface area contributed by atoms with Crippen molar-refractivity contribution < 1.29 is 18.0 Å². The van der Waals surface area contributed by atoms with Gasteiger partial charge in [0.05, 0.1) is 23.3 Å². The van der Waals surface area contributed by atoms with E-state index >= 15 is 0 Å². The Morgan fingerprint density at radius 2 is 2.15 bits per heavy atom. The number of imidazole rings is 1. The highest BCUT2D eigenvalue weighted by Gasteiger charge is 2.39. The molecule has 11 nitrogen and oxygen atoms in total. The second-order valence-corrected chi connectivity index (χ2v) is 7.80. The Labute approximate surface area is 185 Å². The van der Waals surface area contributed by atoms with Crippen LogP contribution in [0.15, 0.2) is 39.6 Å². The maximum Gasteiger partial charge on any atom is 0.312 e. The van der Waals surface area contributed by atoms with Crippen LogP contribution in [0.5, 0.6) is 0 Å². The van der Waals surface area contributed by atoms with Gasteiger partial charge in [0.1, 0.15) is 11.3 Å². The van der Waals surface area contributed by atoms with Gasteiger partial charge in [-0.05, 0) is 19.1 Å². The number of carbonyl (C=O) groups is 1. The van der Waals surface area contributed by atoms with Gasteiger partial charge < -0.3 is 18.7 Å². The largest absolute Gasteiger partial charge is 0.438 e. The Morgan fingerprint density at radius 1 is 1.27 bits per heavy atom. The van der Waals surface area contributed by atoms with Gasteiger partial charge in [-0.15, -0.1) is 10.2 Å². The smallest absolute Gasteiger partial charge is 0.312 e. The highest BCUT2D eigenvalue weighted by Crippen LogP contribution is 2.35. The first kappa shape index (κ1) is 19.3. The SMILES string of the molecule is Cc1nn(C)cc1-c1nnc(C(=O)N2CCc3[nH]cnc3[C@H]2c2nc3cc(F)ccc3o2)o1. The zero-order chi connectivity index (χ0) is 22.7. The van der Waals surface area contributed by atoms with Gasteiger partial charge in [-0.1, -0.05) is 0 Å². The fourth-order valence-electron chi connectivity index (χ4n) is 4.13. The molecule has 0 saturated heterocycles. The van der Waals surface area contributed by atoms with Gasteiger partial charge in [-0.2, -0.15) is 5.10 Å². The van der Waals surface area contributed by atoms with Gasteiger partial charge in [-0.25, -0.2) is 14.4 Å². The fraction of sp³-hybridized carbons (Fsp3) is 0.238. The summed E-state index contributed by atoms with van der Waals surface area (Å²) < 4.78 is 26.9. The molecule has 0 spiro atoms. The van der Waals surface area contributed by atoms with Gasteiger partial charge in [0, 0.05) is 38.0 Å². The van der Waals surface area contributed by atoms with Crippen molar-refractivity contribution in [3.05, 3.63) is 65.4 Å². The summed E-state index contributed by atoms with van der Waals surface area (Å²) in [6.45, 7) is 2.16. The summed E-state index contributed by atoms with van der Waals surface area (Å²) >= 11 is 0. The third-order valence-corrected chi connectivity index (χ3v) is 5.64. The summed E-state index contributed by atoms with van der Waals surface area (Å²) in [7, 11) is 1.78. The number of H-pyrrole nitrogens is 1. The molecule has 5 heterocycles. The summed E-state index contributed by atoms with van der Waals surface area (Å²) in [5.41, 5.74) is 3.59. The van der Waals surface area contributed by atoms with Crippen molar-refractivity contribution in [2.45, 2.75) is 19.4 Å². The number of aryl methyl sites for hydroxylation is 2. The number of hydrogen-bond donors (Lipinski definition) is 1. The standard InChI is InChI=1S/C21H17FN8O3/c1-10-12(8-29(2)28-10)18-26-27-20(33-18)21(31)30-6-5-13-16(24-9-23-13)17(30)19-25-14-7-11(22)3-4-15(14)32-19/h3-4,7-9,17H,5-6H2,1-2H3,(H,23,24)/t17-/m0/s1. The molecule has 0 fully saturated rings. The number of rotatable bonds is 3. The molecule has 1 amide bonds. The number of oxazole rings is 1. The second kappa shape index (κ2) is 7.08. The lowest BCUT2D eigenvalue weighted by atomic mass is 10.0. The van der Waals surface area contributed by atoms with E-state index in [4.69, 9.17) is 8.83 Å². The summed E-state index contributed by atoms with van der Waals surface area (Å²) in [4.78, 5) is 26.9. The van der Waals surface area contributed by atoms with Crippen molar-refractivity contribution in [3.63, 3.8) is 0 Å². The van der Waals surface area contributed by atoms with E-state index in [0.29, 0.717) is 41.0 Å². The molecule has 0 unspecified atom stereocenters. The maximum absolute atomic E-state index is 13.7. The second-order valence-electron chi connectivity index (χ2n) is 7.80. The number of fused-ring (bicyclic) bond motifs is 2. The minimum atomic E-state index is -0.738. The van der Waals surface area contributed by atoms with Crippen LogP contribution in [0.4, 0.5) is 4.39 Å². The molecule has 4 aromatic heterocycles. The zero-order valence-electron chi connectivity index (χ0n) is 17.6. The van der Waals surface area contributed by atoms with Gasteiger partial charge in [0.25, 0.3) is 5.89 Å². The van der Waals surface area contributed by atoms with Crippen LogP contribution >= 0.6 is 0 Å². The number of benzene rings is 1. The Kier molecular flexibility index (Phi) is 4.15. The van der Waals surface area contributed by atoms with Crippen LogP contribution in [0.3, 0.4) is 0 Å². The molecule has 0 bridgehead atoms. The molecular formula is C21H17FN8O3. The Morgan fingerprint density at radius 3 is 2.97 bits per heavy atom. The van der Waals surface area contributed by atoms with Crippen LogP contribution in [0, 0.1) is 12.7 Å². The number of hydrogen-bond acceptors (Lipinski definition) is 8. The monoisotopic (exact) mass is 448 g/mol. The summed E-state index contributed by atoms with van der Waals surface area (Å²) in [6.07, 6.45) is 3.85. The predicted octanol–water partition coefficient (Wildman–Crippen LogP) is 2.57. The molecule has 0 radical (unpaired) electrons. The van der Waals surface area contributed by atoms with Gasteiger partial charge >= 0.3 is 11.8 Å². The van der Waals surface area contributed by atoms with E-state index in [2.05, 4.69) is 30.2 Å². The van der Waals surface area contributed by atoms with Gasteiger partial charge in [0.2, 0.25) is 5.89 Å². The lowest BCUT2D eigenvalue weighted by molar-refractivity contribution is 0.0627. The van der Waals surface area contributed by atoms with Gasteiger partial charge in [0.15, 0.2) is 11.6 Å². The molecule has 1 N–H and O–H groups in total.